The Morgan fingerprint density at radius 2 is 1.79 bits per heavy atom. The number of alkyl halides is 1. The molecule has 0 N–H and O–H groups in total. The Morgan fingerprint density at radius 1 is 1.07 bits per heavy atom. The molecule has 152 valence electrons. The van der Waals surface area contributed by atoms with Crippen LogP contribution in [0.3, 0.4) is 0 Å². The van der Waals surface area contributed by atoms with Crippen molar-refractivity contribution in [2.24, 2.45) is 0 Å². The number of amides is 1. The van der Waals surface area contributed by atoms with Crippen LogP contribution >= 0.6 is 15.9 Å². The summed E-state index contributed by atoms with van der Waals surface area (Å²) in [6.07, 6.45) is 0. The molecular weight excluding hydrogens is 443 g/mol. The quantitative estimate of drug-likeness (QED) is 0.374. The molecule has 6 nitrogen and oxygen atoms in total. The molecule has 0 aliphatic carbocycles. The molecule has 1 heterocycles. The molecule has 2 aromatic rings. The average molecular weight is 463 g/mol. The molecule has 0 unspecified atom stereocenters. The van der Waals surface area contributed by atoms with E-state index < -0.39 is 17.6 Å². The first-order valence-electron chi connectivity index (χ1n) is 9.17. The summed E-state index contributed by atoms with van der Waals surface area (Å²) in [6.45, 7) is 2.68. The van der Waals surface area contributed by atoms with Gasteiger partial charge in [0.25, 0.3) is 0 Å². The van der Waals surface area contributed by atoms with Gasteiger partial charge in [-0.05, 0) is 31.2 Å². The zero-order chi connectivity index (χ0) is 21.0. The molecule has 0 saturated carbocycles. The Balaban J connectivity index is 2.09. The topological polar surface area (TPSA) is 66.9 Å². The minimum absolute atomic E-state index is 0.00543. The average Bonchev–Trinajstić information content (AvgIpc) is 2.73. The molecule has 1 aliphatic rings. The third kappa shape index (κ3) is 4.32. The molecule has 0 aromatic heterocycles. The maximum Gasteiger partial charge on any atom is 0.325 e. The Hall–Kier alpha value is -2.74. The molecule has 8 heteroatoms. The maximum atomic E-state index is 14.2. The molecule has 29 heavy (non-hydrogen) atoms. The summed E-state index contributed by atoms with van der Waals surface area (Å²) < 4.78 is 19.3. The van der Waals surface area contributed by atoms with Crippen molar-refractivity contribution in [2.45, 2.75) is 6.92 Å². The van der Waals surface area contributed by atoms with Crippen molar-refractivity contribution in [3.8, 4) is 0 Å². The summed E-state index contributed by atoms with van der Waals surface area (Å²) in [6, 6.07) is 10.7. The predicted octanol–water partition coefficient (Wildman–Crippen LogP) is 3.17. The molecule has 0 fully saturated rings. The van der Waals surface area contributed by atoms with Crippen molar-refractivity contribution in [2.75, 3.05) is 41.4 Å². The zero-order valence-electron chi connectivity index (χ0n) is 15.9. The molecule has 0 spiro atoms. The van der Waals surface area contributed by atoms with E-state index in [-0.39, 0.29) is 35.5 Å². The molecule has 0 bridgehead atoms. The summed E-state index contributed by atoms with van der Waals surface area (Å²) in [5.74, 6) is -1.78. The van der Waals surface area contributed by atoms with E-state index in [9.17, 15) is 18.8 Å². The van der Waals surface area contributed by atoms with E-state index >= 15 is 0 Å². The molecule has 0 atom stereocenters. The smallest absolute Gasteiger partial charge is 0.325 e. The number of esters is 1. The van der Waals surface area contributed by atoms with E-state index in [0.717, 1.165) is 0 Å². The number of carbonyl (C=O) groups is 3. The number of hydrogen-bond acceptors (Lipinski definition) is 5. The number of rotatable bonds is 6. The predicted molar refractivity (Wildman–Crippen MR) is 111 cm³/mol. The Bertz CT molecular complexity index is 950. The van der Waals surface area contributed by atoms with Gasteiger partial charge in [0.2, 0.25) is 5.91 Å². The van der Waals surface area contributed by atoms with Gasteiger partial charge in [0, 0.05) is 18.7 Å². The monoisotopic (exact) mass is 462 g/mol. The van der Waals surface area contributed by atoms with Crippen LogP contribution in [0.15, 0.2) is 42.5 Å². The maximum absolute atomic E-state index is 14.2. The molecular formula is C21H20BrFN2O4. The fourth-order valence-corrected chi connectivity index (χ4v) is 3.65. The van der Waals surface area contributed by atoms with Crippen LogP contribution in [0.25, 0.3) is 0 Å². The fourth-order valence-electron chi connectivity index (χ4n) is 3.35. The standard InChI is InChI=1S/C21H20BrFN2O4/c1-2-29-19(27)13-24-10-11-25(18(26)12-22)20-15(7-5-9-17(20)24)21(28)14-6-3-4-8-16(14)23/h3-9H,2,10-13H2,1H3. The number of fused-ring (bicyclic) bond motifs is 1. The van der Waals surface area contributed by atoms with Crippen molar-refractivity contribution in [1.29, 1.82) is 0 Å². The van der Waals surface area contributed by atoms with E-state index in [2.05, 4.69) is 15.9 Å². The number of benzene rings is 2. The number of para-hydroxylation sites is 1. The number of hydrogen-bond donors (Lipinski definition) is 0. The van der Waals surface area contributed by atoms with E-state index in [4.69, 9.17) is 4.74 Å². The summed E-state index contributed by atoms with van der Waals surface area (Å²) in [5.41, 5.74) is 1.06. The van der Waals surface area contributed by atoms with Crippen molar-refractivity contribution in [3.63, 3.8) is 0 Å². The SMILES string of the molecule is CCOC(=O)CN1CCN(C(=O)CBr)c2c(C(=O)c3ccccc3F)cccc21. The molecule has 0 saturated heterocycles. The van der Waals surface area contributed by atoms with Gasteiger partial charge in [-0.1, -0.05) is 34.1 Å². The number of ketones is 1. The van der Waals surface area contributed by atoms with Gasteiger partial charge in [-0.25, -0.2) is 4.39 Å². The molecule has 1 aliphatic heterocycles. The lowest BCUT2D eigenvalue weighted by molar-refractivity contribution is -0.141. The number of halogens is 2. The molecule has 0 radical (unpaired) electrons. The molecule has 3 rings (SSSR count). The minimum atomic E-state index is -0.632. The van der Waals surface area contributed by atoms with Crippen LogP contribution in [0.5, 0.6) is 0 Å². The van der Waals surface area contributed by atoms with Gasteiger partial charge in [-0.2, -0.15) is 0 Å². The van der Waals surface area contributed by atoms with Gasteiger partial charge >= 0.3 is 5.97 Å². The summed E-state index contributed by atoms with van der Waals surface area (Å²) in [5, 5.41) is 0.0759. The van der Waals surface area contributed by atoms with Crippen LogP contribution in [-0.2, 0) is 14.3 Å². The highest BCUT2D eigenvalue weighted by molar-refractivity contribution is 9.09. The first-order valence-corrected chi connectivity index (χ1v) is 10.3. The van der Waals surface area contributed by atoms with Crippen molar-refractivity contribution in [3.05, 3.63) is 59.4 Å². The molecule has 1 amide bonds. The van der Waals surface area contributed by atoms with Crippen LogP contribution in [0.2, 0.25) is 0 Å². The van der Waals surface area contributed by atoms with Gasteiger partial charge in [0.05, 0.1) is 28.9 Å². The highest BCUT2D eigenvalue weighted by Crippen LogP contribution is 2.37. The Labute approximate surface area is 176 Å². The Kier molecular flexibility index (Phi) is 6.64. The minimum Gasteiger partial charge on any atom is -0.465 e. The van der Waals surface area contributed by atoms with Gasteiger partial charge in [0.1, 0.15) is 12.4 Å². The van der Waals surface area contributed by atoms with Gasteiger partial charge in [-0.15, -0.1) is 0 Å². The van der Waals surface area contributed by atoms with Gasteiger partial charge in [0.15, 0.2) is 5.78 Å². The van der Waals surface area contributed by atoms with Crippen LogP contribution in [0.1, 0.15) is 22.8 Å². The summed E-state index contributed by atoms with van der Waals surface area (Å²) in [7, 11) is 0. The second kappa shape index (κ2) is 9.17. The summed E-state index contributed by atoms with van der Waals surface area (Å²) >= 11 is 3.17. The lowest BCUT2D eigenvalue weighted by atomic mass is 9.98. The van der Waals surface area contributed by atoms with Crippen LogP contribution in [0.4, 0.5) is 15.8 Å². The summed E-state index contributed by atoms with van der Waals surface area (Å²) in [4.78, 5) is 40.9. The highest BCUT2D eigenvalue weighted by Gasteiger charge is 2.32. The first kappa shape index (κ1) is 21.0. The van der Waals surface area contributed by atoms with Gasteiger partial charge in [-0.3, -0.25) is 14.4 Å². The third-order valence-corrected chi connectivity index (χ3v) is 5.10. The van der Waals surface area contributed by atoms with E-state index in [1.54, 1.807) is 36.1 Å². The number of ether oxygens (including phenoxy) is 1. The van der Waals surface area contributed by atoms with Crippen LogP contribution in [0, 0.1) is 5.82 Å². The van der Waals surface area contributed by atoms with Crippen LogP contribution < -0.4 is 9.80 Å². The largest absolute Gasteiger partial charge is 0.465 e. The first-order chi connectivity index (χ1) is 14.0. The fraction of sp³-hybridized carbons (Fsp3) is 0.286. The number of carbonyl (C=O) groups excluding carboxylic acids is 3. The van der Waals surface area contributed by atoms with E-state index in [1.807, 2.05) is 0 Å². The normalized spacial score (nSPS) is 13.1. The second-order valence-electron chi connectivity index (χ2n) is 6.39. The number of nitrogens with zero attached hydrogens (tertiary/aromatic N) is 2. The highest BCUT2D eigenvalue weighted by atomic mass is 79.9. The van der Waals surface area contributed by atoms with E-state index in [1.165, 1.54) is 23.1 Å². The van der Waals surface area contributed by atoms with Crippen molar-refractivity contribution >= 4 is 45.0 Å². The van der Waals surface area contributed by atoms with E-state index in [0.29, 0.717) is 24.5 Å². The van der Waals surface area contributed by atoms with Crippen molar-refractivity contribution in [1.82, 2.24) is 0 Å². The number of anilines is 2. The zero-order valence-corrected chi connectivity index (χ0v) is 17.4. The van der Waals surface area contributed by atoms with Gasteiger partial charge < -0.3 is 14.5 Å². The Morgan fingerprint density at radius 3 is 2.48 bits per heavy atom. The lowest BCUT2D eigenvalue weighted by Gasteiger charge is -2.38. The lowest BCUT2D eigenvalue weighted by Crippen LogP contribution is -2.47. The molecule has 2 aromatic carbocycles. The van der Waals surface area contributed by atoms with Crippen molar-refractivity contribution < 1.29 is 23.5 Å². The van der Waals surface area contributed by atoms with Crippen LogP contribution in [-0.4, -0.2) is 49.2 Å². The second-order valence-corrected chi connectivity index (χ2v) is 6.95. The third-order valence-electron chi connectivity index (χ3n) is 4.62.